The molecule has 6 heteroatoms. The number of benzene rings is 2. The number of ether oxygens (including phenoxy) is 1. The summed E-state index contributed by atoms with van der Waals surface area (Å²) in [7, 11) is 0. The maximum Gasteiger partial charge on any atom is 0.251 e. The van der Waals surface area contributed by atoms with Crippen LogP contribution in [0.3, 0.4) is 0 Å². The van der Waals surface area contributed by atoms with E-state index in [4.69, 9.17) is 4.74 Å². The molecular weight excluding hydrogens is 304 g/mol. The Hall–Kier alpha value is -2.89. The number of aryl methyl sites for hydroxylation is 1. The van der Waals surface area contributed by atoms with Gasteiger partial charge in [0.1, 0.15) is 16.8 Å². The number of nitrogens with zero attached hydrogens (tertiary/aromatic N) is 2. The minimum absolute atomic E-state index is 0.156. The number of H-pyrrole nitrogens is 1. The van der Waals surface area contributed by atoms with Crippen molar-refractivity contribution in [3.63, 3.8) is 0 Å². The topological polar surface area (TPSA) is 79.9 Å². The Morgan fingerprint density at radius 1 is 1.21 bits per heavy atom. The summed E-state index contributed by atoms with van der Waals surface area (Å²) in [6, 6.07) is 11.0. The highest BCUT2D eigenvalue weighted by molar-refractivity contribution is 5.97. The van der Waals surface area contributed by atoms with E-state index < -0.39 is 0 Å². The van der Waals surface area contributed by atoms with Crippen LogP contribution in [0.15, 0.2) is 36.4 Å². The molecule has 3 rings (SSSR count). The number of fused-ring (bicyclic) bond motifs is 1. The predicted octanol–water partition coefficient (Wildman–Crippen LogP) is 3.16. The third-order valence-electron chi connectivity index (χ3n) is 3.86. The highest BCUT2D eigenvalue weighted by Gasteiger charge is 2.16. The van der Waals surface area contributed by atoms with Gasteiger partial charge in [-0.15, -0.1) is 0 Å². The molecule has 0 radical (unpaired) electrons. The maximum atomic E-state index is 12.5. The van der Waals surface area contributed by atoms with E-state index in [0.717, 1.165) is 22.4 Å². The minimum atomic E-state index is -0.174. The zero-order valence-corrected chi connectivity index (χ0v) is 14.0. The zero-order chi connectivity index (χ0) is 17.1. The van der Waals surface area contributed by atoms with Gasteiger partial charge in [0.2, 0.25) is 0 Å². The molecule has 1 unspecified atom stereocenters. The smallest absolute Gasteiger partial charge is 0.251 e. The van der Waals surface area contributed by atoms with E-state index >= 15 is 0 Å². The second-order valence-corrected chi connectivity index (χ2v) is 5.70. The summed E-state index contributed by atoms with van der Waals surface area (Å²) < 4.78 is 5.67. The number of carbonyl (C=O) groups excluding carboxylic acids is 1. The van der Waals surface area contributed by atoms with Crippen LogP contribution in [-0.2, 0) is 0 Å². The Kier molecular flexibility index (Phi) is 4.46. The first-order chi connectivity index (χ1) is 11.6. The van der Waals surface area contributed by atoms with E-state index in [0.29, 0.717) is 17.7 Å². The normalized spacial score (nSPS) is 12.1. The summed E-state index contributed by atoms with van der Waals surface area (Å²) in [4.78, 5) is 12.5. The summed E-state index contributed by atoms with van der Waals surface area (Å²) in [6.07, 6.45) is 0. The van der Waals surface area contributed by atoms with Crippen molar-refractivity contribution in [3.05, 3.63) is 53.1 Å². The van der Waals surface area contributed by atoms with E-state index in [9.17, 15) is 4.79 Å². The summed E-state index contributed by atoms with van der Waals surface area (Å²) in [6.45, 7) is 6.50. The number of aromatic nitrogens is 3. The number of carbonyl (C=O) groups is 1. The van der Waals surface area contributed by atoms with E-state index in [1.807, 2.05) is 39.0 Å². The molecule has 0 saturated carbocycles. The van der Waals surface area contributed by atoms with Crippen molar-refractivity contribution in [2.24, 2.45) is 0 Å². The van der Waals surface area contributed by atoms with Crippen LogP contribution in [0.1, 0.15) is 41.4 Å². The number of hydrogen-bond acceptors (Lipinski definition) is 4. The Morgan fingerprint density at radius 3 is 2.79 bits per heavy atom. The van der Waals surface area contributed by atoms with Crippen LogP contribution in [0.2, 0.25) is 0 Å². The number of aromatic amines is 1. The van der Waals surface area contributed by atoms with Crippen LogP contribution in [0.25, 0.3) is 11.0 Å². The lowest BCUT2D eigenvalue weighted by atomic mass is 10.0. The molecule has 124 valence electrons. The third-order valence-corrected chi connectivity index (χ3v) is 3.86. The van der Waals surface area contributed by atoms with Crippen LogP contribution in [-0.4, -0.2) is 27.9 Å². The molecule has 1 aromatic heterocycles. The molecule has 0 fully saturated rings. The average Bonchev–Trinajstić information content (AvgIpc) is 3.04. The molecule has 1 heterocycles. The van der Waals surface area contributed by atoms with Gasteiger partial charge in [-0.3, -0.25) is 4.79 Å². The molecule has 0 aliphatic rings. The van der Waals surface area contributed by atoms with Crippen molar-refractivity contribution in [1.82, 2.24) is 20.7 Å². The highest BCUT2D eigenvalue weighted by Crippen LogP contribution is 2.26. The first kappa shape index (κ1) is 16.0. The van der Waals surface area contributed by atoms with E-state index in [2.05, 4.69) is 20.7 Å². The fourth-order valence-corrected chi connectivity index (χ4v) is 2.63. The summed E-state index contributed by atoms with van der Waals surface area (Å²) in [5.74, 6) is 0.638. The standard InChI is InChI=1S/C18H20N4O2/c1-4-24-17-8-5-11(2)9-14(17)12(3)19-18(23)13-6-7-15-16(10-13)21-22-20-15/h5-10,12H,4H2,1-3H3,(H,19,23)(H,20,21,22). The molecule has 0 saturated heterocycles. The molecular formula is C18H20N4O2. The van der Waals surface area contributed by atoms with Crippen molar-refractivity contribution in [2.75, 3.05) is 6.61 Å². The molecule has 2 aromatic carbocycles. The van der Waals surface area contributed by atoms with Gasteiger partial charge in [0.05, 0.1) is 12.6 Å². The lowest BCUT2D eigenvalue weighted by molar-refractivity contribution is 0.0939. The molecule has 0 spiro atoms. The van der Waals surface area contributed by atoms with E-state index in [1.54, 1.807) is 18.2 Å². The molecule has 2 N–H and O–H groups in total. The summed E-state index contributed by atoms with van der Waals surface area (Å²) >= 11 is 0. The second-order valence-electron chi connectivity index (χ2n) is 5.70. The maximum absolute atomic E-state index is 12.5. The molecule has 24 heavy (non-hydrogen) atoms. The van der Waals surface area contributed by atoms with E-state index in [1.165, 1.54) is 0 Å². The molecule has 0 bridgehead atoms. The largest absolute Gasteiger partial charge is 0.494 e. The van der Waals surface area contributed by atoms with Gasteiger partial charge in [-0.2, -0.15) is 15.4 Å². The first-order valence-electron chi connectivity index (χ1n) is 7.93. The second kappa shape index (κ2) is 6.70. The van der Waals surface area contributed by atoms with Crippen LogP contribution >= 0.6 is 0 Å². The number of hydrogen-bond donors (Lipinski definition) is 2. The van der Waals surface area contributed by atoms with Crippen molar-refractivity contribution < 1.29 is 9.53 Å². The van der Waals surface area contributed by atoms with Gasteiger partial charge in [0, 0.05) is 11.1 Å². The van der Waals surface area contributed by atoms with Crippen LogP contribution in [0.5, 0.6) is 5.75 Å². The van der Waals surface area contributed by atoms with Gasteiger partial charge in [-0.1, -0.05) is 17.7 Å². The molecule has 1 amide bonds. The Labute approximate surface area is 140 Å². The van der Waals surface area contributed by atoms with Gasteiger partial charge >= 0.3 is 0 Å². The minimum Gasteiger partial charge on any atom is -0.494 e. The van der Waals surface area contributed by atoms with Gasteiger partial charge in [0.25, 0.3) is 5.91 Å². The van der Waals surface area contributed by atoms with Gasteiger partial charge in [-0.05, 0) is 45.0 Å². The Morgan fingerprint density at radius 2 is 2.00 bits per heavy atom. The Balaban J connectivity index is 1.82. The van der Waals surface area contributed by atoms with E-state index in [-0.39, 0.29) is 11.9 Å². The number of nitrogens with one attached hydrogen (secondary N) is 2. The quantitative estimate of drug-likeness (QED) is 0.755. The molecule has 0 aliphatic heterocycles. The first-order valence-corrected chi connectivity index (χ1v) is 7.93. The van der Waals surface area contributed by atoms with Gasteiger partial charge in [-0.25, -0.2) is 0 Å². The van der Waals surface area contributed by atoms with Crippen LogP contribution < -0.4 is 10.1 Å². The number of rotatable bonds is 5. The van der Waals surface area contributed by atoms with Gasteiger partial charge < -0.3 is 10.1 Å². The van der Waals surface area contributed by atoms with Crippen molar-refractivity contribution in [2.45, 2.75) is 26.8 Å². The van der Waals surface area contributed by atoms with Crippen molar-refractivity contribution in [3.8, 4) is 5.75 Å². The summed E-state index contributed by atoms with van der Waals surface area (Å²) in [5.41, 5.74) is 4.04. The van der Waals surface area contributed by atoms with Crippen LogP contribution in [0, 0.1) is 6.92 Å². The lowest BCUT2D eigenvalue weighted by Gasteiger charge is -2.18. The lowest BCUT2D eigenvalue weighted by Crippen LogP contribution is -2.27. The Bertz CT molecular complexity index is 872. The van der Waals surface area contributed by atoms with Crippen LogP contribution in [0.4, 0.5) is 0 Å². The highest BCUT2D eigenvalue weighted by atomic mass is 16.5. The molecule has 1 atom stereocenters. The fourth-order valence-electron chi connectivity index (χ4n) is 2.63. The van der Waals surface area contributed by atoms with Gasteiger partial charge in [0.15, 0.2) is 0 Å². The third kappa shape index (κ3) is 3.22. The van der Waals surface area contributed by atoms with Crippen molar-refractivity contribution in [1.29, 1.82) is 0 Å². The number of amides is 1. The van der Waals surface area contributed by atoms with Crippen molar-refractivity contribution >= 4 is 16.9 Å². The molecule has 0 aliphatic carbocycles. The summed E-state index contributed by atoms with van der Waals surface area (Å²) in [5, 5.41) is 13.6. The SMILES string of the molecule is CCOc1ccc(C)cc1C(C)NC(=O)c1ccc2n[nH]nc2c1. The molecule has 6 nitrogen and oxygen atoms in total. The zero-order valence-electron chi connectivity index (χ0n) is 14.0. The average molecular weight is 324 g/mol. The monoisotopic (exact) mass is 324 g/mol. The fraction of sp³-hybridized carbons (Fsp3) is 0.278. The predicted molar refractivity (Wildman–Crippen MR) is 92.1 cm³/mol. The molecule has 3 aromatic rings.